The minimum absolute atomic E-state index is 0. The number of nitrogens with two attached hydrogens (primary N) is 1. The predicted octanol–water partition coefficient (Wildman–Crippen LogP) is -3.43. The molecule has 0 bridgehead atoms. The zero-order valence-corrected chi connectivity index (χ0v) is 9.79. The Morgan fingerprint density at radius 3 is 2.65 bits per heavy atom. The molecule has 1 aliphatic rings. The SMILES string of the molecule is Nc1ncnc2c1ncn2[C@@H]1O[C@H](CO)C(O)C1O.[SnH4]. The topological polar surface area (TPSA) is 140 Å². The van der Waals surface area contributed by atoms with E-state index in [0.717, 1.165) is 0 Å². The van der Waals surface area contributed by atoms with Gasteiger partial charge in [-0.1, -0.05) is 0 Å². The average Bonchev–Trinajstić information content (AvgIpc) is 2.94. The molecule has 0 aliphatic carbocycles. The van der Waals surface area contributed by atoms with Crippen LogP contribution in [0.25, 0.3) is 11.2 Å². The van der Waals surface area contributed by atoms with Crippen LogP contribution >= 0.6 is 0 Å². The van der Waals surface area contributed by atoms with Gasteiger partial charge in [-0.25, -0.2) is 15.0 Å². The van der Waals surface area contributed by atoms with Gasteiger partial charge in [-0.2, -0.15) is 0 Å². The van der Waals surface area contributed by atoms with E-state index in [4.69, 9.17) is 15.6 Å². The Kier molecular flexibility index (Phi) is 4.44. The van der Waals surface area contributed by atoms with E-state index in [1.54, 1.807) is 0 Å². The Hall–Kier alpha value is -1.01. The summed E-state index contributed by atoms with van der Waals surface area (Å²) >= 11 is 0. The van der Waals surface area contributed by atoms with Crippen LogP contribution in [0.3, 0.4) is 0 Å². The maximum atomic E-state index is 9.95. The van der Waals surface area contributed by atoms with E-state index in [2.05, 4.69) is 15.0 Å². The molecule has 2 aromatic heterocycles. The maximum absolute atomic E-state index is 9.95. The van der Waals surface area contributed by atoms with Crippen molar-refractivity contribution in [2.45, 2.75) is 24.5 Å². The van der Waals surface area contributed by atoms with Crippen LogP contribution in [-0.4, -0.2) is 83.7 Å². The second kappa shape index (κ2) is 5.77. The van der Waals surface area contributed by atoms with Crippen molar-refractivity contribution in [2.75, 3.05) is 12.3 Å². The molecule has 0 spiro atoms. The molecule has 0 radical (unpaired) electrons. The molecule has 2 unspecified atom stereocenters. The van der Waals surface area contributed by atoms with Crippen molar-refractivity contribution in [3.05, 3.63) is 12.7 Å². The van der Waals surface area contributed by atoms with Gasteiger partial charge in [-0.3, -0.25) is 4.57 Å². The molecular weight excluding hydrogens is 373 g/mol. The minimum atomic E-state index is -1.19. The molecule has 3 heterocycles. The van der Waals surface area contributed by atoms with Crippen molar-refractivity contribution in [1.29, 1.82) is 0 Å². The Morgan fingerprint density at radius 1 is 1.25 bits per heavy atom. The molecule has 0 amide bonds. The van der Waals surface area contributed by atoms with Crippen LogP contribution in [0.2, 0.25) is 0 Å². The van der Waals surface area contributed by atoms with Crippen LogP contribution in [0.1, 0.15) is 6.23 Å². The van der Waals surface area contributed by atoms with Gasteiger partial charge in [0.25, 0.3) is 0 Å². The third-order valence-electron chi connectivity index (χ3n) is 3.18. The Morgan fingerprint density at radius 2 is 2.00 bits per heavy atom. The van der Waals surface area contributed by atoms with Gasteiger partial charge in [0.15, 0.2) is 17.7 Å². The summed E-state index contributed by atoms with van der Waals surface area (Å²) in [6.45, 7) is -0.390. The van der Waals surface area contributed by atoms with Crippen LogP contribution in [-0.2, 0) is 4.74 Å². The third-order valence-corrected chi connectivity index (χ3v) is 3.18. The van der Waals surface area contributed by atoms with Gasteiger partial charge in [0.05, 0.1) is 12.9 Å². The van der Waals surface area contributed by atoms with Crippen molar-refractivity contribution in [3.63, 3.8) is 0 Å². The van der Waals surface area contributed by atoms with Crippen molar-refractivity contribution in [3.8, 4) is 0 Å². The number of nitrogen functional groups attached to an aromatic ring is 1. The van der Waals surface area contributed by atoms with E-state index >= 15 is 0 Å². The quantitative estimate of drug-likeness (QED) is 0.389. The van der Waals surface area contributed by atoms with E-state index in [0.29, 0.717) is 11.2 Å². The van der Waals surface area contributed by atoms with Crippen molar-refractivity contribution >= 4 is 40.9 Å². The van der Waals surface area contributed by atoms with Gasteiger partial charge < -0.3 is 25.8 Å². The number of aromatic nitrogens is 4. The van der Waals surface area contributed by atoms with Crippen LogP contribution in [0.5, 0.6) is 0 Å². The van der Waals surface area contributed by atoms with Crippen LogP contribution in [0.15, 0.2) is 12.7 Å². The van der Waals surface area contributed by atoms with Crippen LogP contribution in [0, 0.1) is 0 Å². The number of aliphatic hydroxyl groups is 3. The number of hydrogen-bond donors (Lipinski definition) is 4. The molecule has 1 aliphatic heterocycles. The summed E-state index contributed by atoms with van der Waals surface area (Å²) in [7, 11) is 0. The summed E-state index contributed by atoms with van der Waals surface area (Å²) in [6.07, 6.45) is -1.42. The second-order valence-corrected chi connectivity index (χ2v) is 4.31. The molecule has 3 rings (SSSR count). The normalized spacial score (nSPS) is 29.6. The van der Waals surface area contributed by atoms with E-state index in [-0.39, 0.29) is 29.7 Å². The summed E-state index contributed by atoms with van der Waals surface area (Å²) in [6, 6.07) is 0. The number of hydrogen-bond acceptors (Lipinski definition) is 8. The first kappa shape index (κ1) is 15.4. The number of fused-ring (bicyclic) bond motifs is 1. The van der Waals surface area contributed by atoms with Crippen LogP contribution < -0.4 is 5.73 Å². The molecule has 5 N–H and O–H groups in total. The monoisotopic (exact) mass is 391 g/mol. The standard InChI is InChI=1S/C10H13N5O4.Sn.4H/c11-8-5-9(13-2-12-8)15(3-14-5)10-7(18)6(17)4(1-16)19-10;;;;;/h2-4,6-7,10,16-18H,1H2,(H2,11,12,13);;;;;/t4-,6?,7?,10-;;;;;/m1...../s1. The molecule has 1 fully saturated rings. The number of rotatable bonds is 2. The fourth-order valence-corrected chi connectivity index (χ4v) is 2.17. The molecule has 10 heteroatoms. The van der Waals surface area contributed by atoms with Crippen molar-refractivity contribution < 1.29 is 20.1 Å². The average molecular weight is 390 g/mol. The second-order valence-electron chi connectivity index (χ2n) is 4.31. The molecule has 1 saturated heterocycles. The van der Waals surface area contributed by atoms with Gasteiger partial charge in [0.1, 0.15) is 30.2 Å². The molecule has 2 aromatic rings. The third kappa shape index (κ3) is 2.24. The van der Waals surface area contributed by atoms with E-state index in [1.165, 1.54) is 17.2 Å². The first-order chi connectivity index (χ1) is 9.13. The number of nitrogens with zero attached hydrogens (tertiary/aromatic N) is 4. The Labute approximate surface area is 130 Å². The Balaban J connectivity index is 0.00000147. The molecule has 20 heavy (non-hydrogen) atoms. The van der Waals surface area contributed by atoms with Crippen molar-refractivity contribution in [1.82, 2.24) is 19.5 Å². The summed E-state index contributed by atoms with van der Waals surface area (Å²) < 4.78 is 6.85. The molecule has 0 aromatic carbocycles. The Bertz CT molecular complexity index is 608. The van der Waals surface area contributed by atoms with Gasteiger partial charge >= 0.3 is 23.9 Å². The van der Waals surface area contributed by atoms with Crippen molar-refractivity contribution in [2.24, 2.45) is 0 Å². The first-order valence-electron chi connectivity index (χ1n) is 5.69. The van der Waals surface area contributed by atoms with E-state index in [9.17, 15) is 10.2 Å². The van der Waals surface area contributed by atoms with Gasteiger partial charge in [0.2, 0.25) is 0 Å². The fraction of sp³-hybridized carbons (Fsp3) is 0.500. The summed E-state index contributed by atoms with van der Waals surface area (Å²) in [5, 5.41) is 28.7. The zero-order chi connectivity index (χ0) is 13.6. The molecule has 4 atom stereocenters. The fourth-order valence-electron chi connectivity index (χ4n) is 2.17. The predicted molar refractivity (Wildman–Crippen MR) is 74.1 cm³/mol. The summed E-state index contributed by atoms with van der Waals surface area (Å²) in [5.41, 5.74) is 6.44. The number of aliphatic hydroxyl groups excluding tert-OH is 3. The molecular formula is C10H17N5O4Sn. The van der Waals surface area contributed by atoms with Gasteiger partial charge in [-0.05, 0) is 0 Å². The van der Waals surface area contributed by atoms with E-state index < -0.39 is 31.1 Å². The van der Waals surface area contributed by atoms with Gasteiger partial charge in [0, 0.05) is 0 Å². The summed E-state index contributed by atoms with van der Waals surface area (Å²) in [4.78, 5) is 11.9. The number of imidazole rings is 1. The molecule has 9 nitrogen and oxygen atoms in total. The van der Waals surface area contributed by atoms with Gasteiger partial charge in [-0.15, -0.1) is 0 Å². The molecule has 110 valence electrons. The molecule has 0 saturated carbocycles. The van der Waals surface area contributed by atoms with E-state index in [1.807, 2.05) is 0 Å². The van der Waals surface area contributed by atoms with Crippen LogP contribution in [0.4, 0.5) is 5.82 Å². The first-order valence-corrected chi connectivity index (χ1v) is 5.69. The summed E-state index contributed by atoms with van der Waals surface area (Å²) in [5.74, 6) is 0.218. The number of anilines is 1. The zero-order valence-electron chi connectivity index (χ0n) is 9.79. The number of ether oxygens (including phenoxy) is 1.